The highest BCUT2D eigenvalue weighted by Gasteiger charge is 2.16. The maximum atomic E-state index is 11.4. The smallest absolute Gasteiger partial charge is 0.307 e. The number of esters is 1. The minimum absolute atomic E-state index is 0.235. The van der Waals surface area contributed by atoms with Gasteiger partial charge in [-0.2, -0.15) is 0 Å². The van der Waals surface area contributed by atoms with Crippen LogP contribution in [0.4, 0.5) is 0 Å². The van der Waals surface area contributed by atoms with Crippen molar-refractivity contribution in [3.63, 3.8) is 0 Å². The zero-order chi connectivity index (χ0) is 13.0. The SMILES string of the molecule is CCOC(=O)CC(N)c1c(C)cc(C)cc1C. The number of aryl methyl sites for hydroxylation is 3. The quantitative estimate of drug-likeness (QED) is 0.816. The number of benzene rings is 1. The summed E-state index contributed by atoms with van der Waals surface area (Å²) in [7, 11) is 0. The van der Waals surface area contributed by atoms with Gasteiger partial charge in [-0.25, -0.2) is 0 Å². The topological polar surface area (TPSA) is 52.3 Å². The van der Waals surface area contributed by atoms with E-state index in [1.165, 1.54) is 5.56 Å². The summed E-state index contributed by atoms with van der Waals surface area (Å²) < 4.78 is 4.92. The van der Waals surface area contributed by atoms with E-state index in [1.54, 1.807) is 6.92 Å². The molecule has 0 aromatic heterocycles. The molecule has 0 aliphatic heterocycles. The van der Waals surface area contributed by atoms with Gasteiger partial charge in [-0.1, -0.05) is 17.7 Å². The lowest BCUT2D eigenvalue weighted by molar-refractivity contribution is -0.143. The largest absolute Gasteiger partial charge is 0.466 e. The van der Waals surface area contributed by atoms with Gasteiger partial charge >= 0.3 is 5.97 Å². The van der Waals surface area contributed by atoms with E-state index >= 15 is 0 Å². The average molecular weight is 235 g/mol. The van der Waals surface area contributed by atoms with Crippen molar-refractivity contribution in [1.82, 2.24) is 0 Å². The average Bonchev–Trinajstić information content (AvgIpc) is 2.15. The fraction of sp³-hybridized carbons (Fsp3) is 0.500. The molecule has 0 radical (unpaired) electrons. The molecule has 0 bridgehead atoms. The van der Waals surface area contributed by atoms with Gasteiger partial charge in [0, 0.05) is 6.04 Å². The minimum Gasteiger partial charge on any atom is -0.466 e. The van der Waals surface area contributed by atoms with E-state index in [0.29, 0.717) is 6.61 Å². The van der Waals surface area contributed by atoms with Gasteiger partial charge in [0.05, 0.1) is 13.0 Å². The summed E-state index contributed by atoms with van der Waals surface area (Å²) in [5, 5.41) is 0. The molecule has 1 atom stereocenters. The van der Waals surface area contributed by atoms with Crippen molar-refractivity contribution in [2.75, 3.05) is 6.61 Å². The molecule has 94 valence electrons. The summed E-state index contributed by atoms with van der Waals surface area (Å²) in [6.45, 7) is 8.31. The number of rotatable bonds is 4. The molecule has 0 amide bonds. The first-order valence-electron chi connectivity index (χ1n) is 5.94. The van der Waals surface area contributed by atoms with Crippen LogP contribution in [0.2, 0.25) is 0 Å². The van der Waals surface area contributed by atoms with Crippen LogP contribution in [0.25, 0.3) is 0 Å². The third kappa shape index (κ3) is 3.56. The highest BCUT2D eigenvalue weighted by atomic mass is 16.5. The van der Waals surface area contributed by atoms with Crippen molar-refractivity contribution in [2.45, 2.75) is 40.2 Å². The molecule has 3 nitrogen and oxygen atoms in total. The van der Waals surface area contributed by atoms with Gasteiger partial charge < -0.3 is 10.5 Å². The fourth-order valence-corrected chi connectivity index (χ4v) is 2.28. The minimum atomic E-state index is -0.283. The molecular formula is C14H21NO2. The lowest BCUT2D eigenvalue weighted by Gasteiger charge is -2.17. The van der Waals surface area contributed by atoms with Crippen LogP contribution < -0.4 is 5.73 Å². The van der Waals surface area contributed by atoms with Crippen molar-refractivity contribution < 1.29 is 9.53 Å². The van der Waals surface area contributed by atoms with Crippen molar-refractivity contribution in [3.05, 3.63) is 34.4 Å². The molecule has 0 fully saturated rings. The summed E-state index contributed by atoms with van der Waals surface area (Å²) in [5.74, 6) is -0.237. The molecule has 1 rings (SSSR count). The number of nitrogens with two attached hydrogens (primary N) is 1. The molecule has 1 unspecified atom stereocenters. The summed E-state index contributed by atoms with van der Waals surface area (Å²) >= 11 is 0. The van der Waals surface area contributed by atoms with Gasteiger partial charge in [-0.15, -0.1) is 0 Å². The van der Waals surface area contributed by atoms with Gasteiger partial charge in [0.1, 0.15) is 0 Å². The van der Waals surface area contributed by atoms with E-state index < -0.39 is 0 Å². The Morgan fingerprint density at radius 3 is 2.29 bits per heavy atom. The highest BCUT2D eigenvalue weighted by Crippen LogP contribution is 2.24. The highest BCUT2D eigenvalue weighted by molar-refractivity contribution is 5.70. The van der Waals surface area contributed by atoms with Crippen LogP contribution in [0, 0.1) is 20.8 Å². The number of hydrogen-bond acceptors (Lipinski definition) is 3. The normalized spacial score (nSPS) is 12.3. The maximum absolute atomic E-state index is 11.4. The summed E-state index contributed by atoms with van der Waals surface area (Å²) in [4.78, 5) is 11.4. The number of carbonyl (C=O) groups excluding carboxylic acids is 1. The molecule has 3 heteroatoms. The second kappa shape index (κ2) is 5.82. The van der Waals surface area contributed by atoms with Gasteiger partial charge in [0.2, 0.25) is 0 Å². The molecular weight excluding hydrogens is 214 g/mol. The lowest BCUT2D eigenvalue weighted by atomic mass is 9.93. The van der Waals surface area contributed by atoms with E-state index in [2.05, 4.69) is 19.1 Å². The third-order valence-electron chi connectivity index (χ3n) is 2.80. The Labute approximate surface area is 103 Å². The summed E-state index contributed by atoms with van der Waals surface area (Å²) in [5.41, 5.74) is 10.6. The molecule has 2 N–H and O–H groups in total. The lowest BCUT2D eigenvalue weighted by Crippen LogP contribution is -2.19. The first kappa shape index (κ1) is 13.7. The number of hydrogen-bond donors (Lipinski definition) is 1. The Morgan fingerprint density at radius 1 is 1.29 bits per heavy atom. The van der Waals surface area contributed by atoms with Crippen LogP contribution >= 0.6 is 0 Å². The van der Waals surface area contributed by atoms with Crippen LogP contribution in [0.15, 0.2) is 12.1 Å². The molecule has 0 aliphatic rings. The van der Waals surface area contributed by atoms with E-state index in [1.807, 2.05) is 13.8 Å². The summed E-state index contributed by atoms with van der Waals surface area (Å²) in [6, 6.07) is 3.90. The van der Waals surface area contributed by atoms with Crippen molar-refractivity contribution in [2.24, 2.45) is 5.73 Å². The van der Waals surface area contributed by atoms with Crippen LogP contribution in [0.1, 0.15) is 41.6 Å². The van der Waals surface area contributed by atoms with Crippen molar-refractivity contribution in [1.29, 1.82) is 0 Å². The van der Waals surface area contributed by atoms with Crippen LogP contribution in [-0.2, 0) is 9.53 Å². The molecule has 0 saturated carbocycles. The molecule has 0 aliphatic carbocycles. The molecule has 0 heterocycles. The number of ether oxygens (including phenoxy) is 1. The van der Waals surface area contributed by atoms with E-state index in [-0.39, 0.29) is 18.4 Å². The zero-order valence-corrected chi connectivity index (χ0v) is 11.0. The molecule has 17 heavy (non-hydrogen) atoms. The van der Waals surface area contributed by atoms with Gasteiger partial charge in [-0.3, -0.25) is 4.79 Å². The Balaban J connectivity index is 2.89. The van der Waals surface area contributed by atoms with Gasteiger partial charge in [-0.05, 0) is 44.4 Å². The zero-order valence-electron chi connectivity index (χ0n) is 11.0. The van der Waals surface area contributed by atoms with Crippen molar-refractivity contribution in [3.8, 4) is 0 Å². The van der Waals surface area contributed by atoms with Crippen LogP contribution in [0.3, 0.4) is 0 Å². The molecule has 0 spiro atoms. The molecule has 1 aromatic rings. The third-order valence-corrected chi connectivity index (χ3v) is 2.80. The first-order chi connectivity index (χ1) is 7.95. The first-order valence-corrected chi connectivity index (χ1v) is 5.94. The Morgan fingerprint density at radius 2 is 1.82 bits per heavy atom. The van der Waals surface area contributed by atoms with Gasteiger partial charge in [0.15, 0.2) is 0 Å². The molecule has 1 aromatic carbocycles. The standard InChI is InChI=1S/C14H21NO2/c1-5-17-13(16)8-12(15)14-10(3)6-9(2)7-11(14)4/h6-7,12H,5,8,15H2,1-4H3. The second-order valence-electron chi connectivity index (χ2n) is 4.43. The monoisotopic (exact) mass is 235 g/mol. The van der Waals surface area contributed by atoms with Crippen LogP contribution in [0.5, 0.6) is 0 Å². The fourth-order valence-electron chi connectivity index (χ4n) is 2.28. The summed E-state index contributed by atoms with van der Waals surface area (Å²) in [6.07, 6.45) is 0.235. The Bertz CT molecular complexity index is 390. The van der Waals surface area contributed by atoms with Crippen molar-refractivity contribution >= 4 is 5.97 Å². The number of carbonyl (C=O) groups is 1. The van der Waals surface area contributed by atoms with Gasteiger partial charge in [0.25, 0.3) is 0 Å². The Hall–Kier alpha value is -1.35. The predicted molar refractivity (Wildman–Crippen MR) is 68.8 cm³/mol. The second-order valence-corrected chi connectivity index (χ2v) is 4.43. The molecule has 0 saturated heterocycles. The van der Waals surface area contributed by atoms with E-state index in [4.69, 9.17) is 10.5 Å². The van der Waals surface area contributed by atoms with E-state index in [0.717, 1.165) is 16.7 Å². The van der Waals surface area contributed by atoms with E-state index in [9.17, 15) is 4.79 Å². The Kier molecular flexibility index (Phi) is 4.70. The maximum Gasteiger partial charge on any atom is 0.307 e. The predicted octanol–water partition coefficient (Wildman–Crippen LogP) is 2.56. The van der Waals surface area contributed by atoms with Crippen LogP contribution in [-0.4, -0.2) is 12.6 Å².